The van der Waals surface area contributed by atoms with E-state index in [0.29, 0.717) is 17.2 Å². The minimum atomic E-state index is -0.882. The van der Waals surface area contributed by atoms with Crippen LogP contribution in [0.15, 0.2) is 48.5 Å². The number of rotatable bonds is 9. The lowest BCUT2D eigenvalue weighted by molar-refractivity contribution is -0.384. The number of amides is 1. The Balaban J connectivity index is 1.69. The second-order valence-corrected chi connectivity index (χ2v) is 9.06. The van der Waals surface area contributed by atoms with Crippen LogP contribution in [0.3, 0.4) is 0 Å². The number of nitro benzene ring substituents is 1. The van der Waals surface area contributed by atoms with Gasteiger partial charge in [0.05, 0.1) is 14.8 Å². The Morgan fingerprint density at radius 2 is 2.03 bits per heavy atom. The van der Waals surface area contributed by atoms with Gasteiger partial charge in [-0.05, 0) is 30.6 Å². The number of thiophene rings is 1. The number of halogens is 1. The van der Waals surface area contributed by atoms with E-state index in [1.807, 2.05) is 30.5 Å². The molecule has 0 spiro atoms. The van der Waals surface area contributed by atoms with Gasteiger partial charge in [-0.1, -0.05) is 35.9 Å². The molecule has 0 fully saturated rings. The van der Waals surface area contributed by atoms with E-state index in [2.05, 4.69) is 5.32 Å². The molecule has 10 heteroatoms. The van der Waals surface area contributed by atoms with E-state index < -0.39 is 22.8 Å². The van der Waals surface area contributed by atoms with Crippen molar-refractivity contribution in [3.05, 3.63) is 74.1 Å². The molecule has 1 N–H and O–H groups in total. The number of hydrogen-bond donors (Lipinski definition) is 1. The van der Waals surface area contributed by atoms with Gasteiger partial charge in [0.1, 0.15) is 12.6 Å². The second-order valence-electron chi connectivity index (χ2n) is 6.56. The minimum absolute atomic E-state index is 0.000535. The third-order valence-corrected chi connectivity index (χ3v) is 6.80. The van der Waals surface area contributed by atoms with Gasteiger partial charge in [0.15, 0.2) is 0 Å². The van der Waals surface area contributed by atoms with Crippen molar-refractivity contribution in [1.29, 1.82) is 0 Å². The van der Waals surface area contributed by atoms with Gasteiger partial charge < -0.3 is 10.1 Å². The first-order valence-corrected chi connectivity index (χ1v) is 11.9. The second kappa shape index (κ2) is 10.6. The predicted octanol–water partition coefficient (Wildman–Crippen LogP) is 5.06. The van der Waals surface area contributed by atoms with Crippen molar-refractivity contribution in [3.63, 3.8) is 0 Å². The van der Waals surface area contributed by atoms with Crippen LogP contribution in [0, 0.1) is 10.1 Å². The number of carbonyl (C=O) groups is 2. The average molecular weight is 479 g/mol. The molecule has 1 atom stereocenters. The molecule has 0 aliphatic heterocycles. The number of hydrogen-bond acceptors (Lipinski definition) is 7. The summed E-state index contributed by atoms with van der Waals surface area (Å²) >= 11 is 9.37. The smallest absolute Gasteiger partial charge is 0.329 e. The summed E-state index contributed by atoms with van der Waals surface area (Å²) in [6.45, 7) is -0.000535. The van der Waals surface area contributed by atoms with Crippen LogP contribution >= 0.6 is 34.7 Å². The molecule has 0 radical (unpaired) electrons. The van der Waals surface area contributed by atoms with E-state index in [-0.39, 0.29) is 17.9 Å². The average Bonchev–Trinajstić information content (AvgIpc) is 3.10. The van der Waals surface area contributed by atoms with Gasteiger partial charge in [-0.3, -0.25) is 14.9 Å². The molecule has 0 saturated carbocycles. The van der Waals surface area contributed by atoms with Crippen molar-refractivity contribution >= 4 is 62.3 Å². The normalized spacial score (nSPS) is 11.8. The quantitative estimate of drug-likeness (QED) is 0.262. The number of carbonyl (C=O) groups excluding carboxylic acids is 2. The number of nitrogens with one attached hydrogen (secondary N) is 1. The Kier molecular flexibility index (Phi) is 7.89. The molecular formula is C21H19ClN2O5S2. The molecule has 3 aromatic rings. The largest absolute Gasteiger partial charge is 0.458 e. The van der Waals surface area contributed by atoms with E-state index >= 15 is 0 Å². The third-order valence-electron chi connectivity index (χ3n) is 4.47. The molecule has 1 unspecified atom stereocenters. The summed E-state index contributed by atoms with van der Waals surface area (Å²) in [5.74, 6) is -0.536. The lowest BCUT2D eigenvalue weighted by Gasteiger charge is -2.17. The van der Waals surface area contributed by atoms with Gasteiger partial charge in [0.2, 0.25) is 0 Å². The monoisotopic (exact) mass is 478 g/mol. The SMILES string of the molecule is CSCCC(NC(=O)c1cccc([N+](=O)[O-])c1)C(=O)OCc1sc2ccccc2c1Cl. The van der Waals surface area contributed by atoms with Crippen molar-refractivity contribution in [2.45, 2.75) is 19.1 Å². The fourth-order valence-electron chi connectivity index (χ4n) is 2.88. The Labute approximate surface area is 191 Å². The lowest BCUT2D eigenvalue weighted by atomic mass is 10.1. The van der Waals surface area contributed by atoms with E-state index in [9.17, 15) is 19.7 Å². The minimum Gasteiger partial charge on any atom is -0.458 e. The van der Waals surface area contributed by atoms with E-state index in [4.69, 9.17) is 16.3 Å². The van der Waals surface area contributed by atoms with Gasteiger partial charge in [0, 0.05) is 27.8 Å². The molecule has 0 bridgehead atoms. The zero-order valence-electron chi connectivity index (χ0n) is 16.5. The Hall–Kier alpha value is -2.62. The van der Waals surface area contributed by atoms with Gasteiger partial charge in [-0.2, -0.15) is 11.8 Å². The first kappa shape index (κ1) is 23.1. The Morgan fingerprint density at radius 1 is 1.26 bits per heavy atom. The van der Waals surface area contributed by atoms with Gasteiger partial charge in [-0.25, -0.2) is 4.79 Å². The zero-order valence-corrected chi connectivity index (χ0v) is 18.9. The first-order valence-electron chi connectivity index (χ1n) is 9.27. The van der Waals surface area contributed by atoms with Gasteiger partial charge in [-0.15, -0.1) is 11.3 Å². The molecule has 3 rings (SSSR count). The maximum Gasteiger partial charge on any atom is 0.329 e. The number of thioether (sulfide) groups is 1. The van der Waals surface area contributed by atoms with Gasteiger partial charge >= 0.3 is 5.97 Å². The van der Waals surface area contributed by atoms with Crippen LogP contribution in [0.25, 0.3) is 10.1 Å². The highest BCUT2D eigenvalue weighted by atomic mass is 35.5. The van der Waals surface area contributed by atoms with Crippen LogP contribution < -0.4 is 5.32 Å². The van der Waals surface area contributed by atoms with E-state index in [1.54, 1.807) is 0 Å². The maximum absolute atomic E-state index is 12.7. The maximum atomic E-state index is 12.7. The third kappa shape index (κ3) is 5.75. The summed E-state index contributed by atoms with van der Waals surface area (Å²) in [4.78, 5) is 36.4. The molecular weight excluding hydrogens is 460 g/mol. The zero-order chi connectivity index (χ0) is 22.4. The molecule has 1 aromatic heterocycles. The van der Waals surface area contributed by atoms with E-state index in [0.717, 1.165) is 15.0 Å². The highest BCUT2D eigenvalue weighted by molar-refractivity contribution is 7.98. The highest BCUT2D eigenvalue weighted by Crippen LogP contribution is 2.35. The molecule has 2 aromatic carbocycles. The number of nitrogens with zero attached hydrogens (tertiary/aromatic N) is 1. The van der Waals surface area contributed by atoms with Crippen LogP contribution in [0.4, 0.5) is 5.69 Å². The number of esters is 1. The first-order chi connectivity index (χ1) is 14.9. The summed E-state index contributed by atoms with van der Waals surface area (Å²) in [7, 11) is 0. The van der Waals surface area contributed by atoms with Crippen molar-refractivity contribution in [2.24, 2.45) is 0 Å². The van der Waals surface area contributed by atoms with Crippen LogP contribution in [0.1, 0.15) is 21.7 Å². The lowest BCUT2D eigenvalue weighted by Crippen LogP contribution is -2.42. The summed E-state index contributed by atoms with van der Waals surface area (Å²) in [6.07, 6.45) is 2.25. The molecule has 0 saturated heterocycles. The van der Waals surface area contributed by atoms with Crippen LogP contribution in [0.2, 0.25) is 5.02 Å². The number of benzene rings is 2. The molecule has 0 aliphatic rings. The summed E-state index contributed by atoms with van der Waals surface area (Å²) in [5.41, 5.74) is -0.0982. The van der Waals surface area contributed by atoms with Crippen molar-refractivity contribution in [1.82, 2.24) is 5.32 Å². The fraction of sp³-hybridized carbons (Fsp3) is 0.238. The summed E-state index contributed by atoms with van der Waals surface area (Å²) in [6, 6.07) is 12.1. The highest BCUT2D eigenvalue weighted by Gasteiger charge is 2.24. The standard InChI is InChI=1S/C21H19ClN2O5S2/c1-30-10-9-16(23-20(25)13-5-4-6-14(11-13)24(27)28)21(26)29-12-18-19(22)15-7-2-3-8-17(15)31-18/h2-8,11,16H,9-10,12H2,1H3,(H,23,25). The van der Waals surface area contributed by atoms with Crippen LogP contribution in [-0.2, 0) is 16.1 Å². The molecule has 162 valence electrons. The topological polar surface area (TPSA) is 98.5 Å². The Bertz CT molecular complexity index is 1120. The van der Waals surface area contributed by atoms with Crippen molar-refractivity contribution < 1.29 is 19.2 Å². The molecule has 31 heavy (non-hydrogen) atoms. The number of ether oxygens (including phenoxy) is 1. The number of nitro groups is 1. The molecule has 7 nitrogen and oxygen atoms in total. The Morgan fingerprint density at radius 3 is 2.74 bits per heavy atom. The number of non-ortho nitro benzene ring substituents is 1. The summed E-state index contributed by atoms with van der Waals surface area (Å²) in [5, 5.41) is 15.0. The summed E-state index contributed by atoms with van der Waals surface area (Å²) < 4.78 is 6.45. The van der Waals surface area contributed by atoms with Crippen molar-refractivity contribution in [3.8, 4) is 0 Å². The van der Waals surface area contributed by atoms with Gasteiger partial charge in [0.25, 0.3) is 11.6 Å². The van der Waals surface area contributed by atoms with Crippen LogP contribution in [-0.4, -0.2) is 34.9 Å². The molecule has 0 aliphatic carbocycles. The van der Waals surface area contributed by atoms with Crippen LogP contribution in [0.5, 0.6) is 0 Å². The fourth-order valence-corrected chi connectivity index (χ4v) is 4.75. The predicted molar refractivity (Wildman–Crippen MR) is 124 cm³/mol. The number of fused-ring (bicyclic) bond motifs is 1. The molecule has 1 heterocycles. The molecule has 1 amide bonds. The van der Waals surface area contributed by atoms with E-state index in [1.165, 1.54) is 47.4 Å². The van der Waals surface area contributed by atoms with Crippen molar-refractivity contribution in [2.75, 3.05) is 12.0 Å².